The van der Waals surface area contributed by atoms with Crippen molar-refractivity contribution < 1.29 is 8.42 Å². The topological polar surface area (TPSA) is 62.3 Å². The molecule has 7 heteroatoms. The summed E-state index contributed by atoms with van der Waals surface area (Å²) in [6.07, 6.45) is 6.29. The molecule has 0 radical (unpaired) electrons. The minimum Gasteiger partial charge on any atom is -0.309 e. The van der Waals surface area contributed by atoms with Gasteiger partial charge in [-0.15, -0.1) is 11.3 Å². The molecule has 0 amide bonds. The number of piperidine rings is 1. The molecule has 0 aliphatic carbocycles. The van der Waals surface area contributed by atoms with E-state index in [9.17, 15) is 8.42 Å². The third-order valence-electron chi connectivity index (χ3n) is 3.95. The number of nitrogens with one attached hydrogen (secondary N) is 1. The van der Waals surface area contributed by atoms with E-state index in [-0.39, 0.29) is 6.04 Å². The van der Waals surface area contributed by atoms with E-state index < -0.39 is 10.0 Å². The van der Waals surface area contributed by atoms with E-state index in [0.717, 1.165) is 30.8 Å². The third kappa shape index (κ3) is 4.74. The number of hydrogen-bond acceptors (Lipinski definition) is 5. The predicted octanol–water partition coefficient (Wildman–Crippen LogP) is 2.16. The normalized spacial score (nSPS) is 22.3. The molecule has 21 heavy (non-hydrogen) atoms. The van der Waals surface area contributed by atoms with Crippen LogP contribution in [-0.4, -0.2) is 43.6 Å². The molecule has 2 unspecified atom stereocenters. The first-order chi connectivity index (χ1) is 9.90. The molecule has 1 aromatic rings. The lowest BCUT2D eigenvalue weighted by atomic mass is 9.92. The molecule has 120 valence electrons. The quantitative estimate of drug-likeness (QED) is 0.868. The summed E-state index contributed by atoms with van der Waals surface area (Å²) in [6.45, 7) is 6.34. The molecule has 1 saturated heterocycles. The van der Waals surface area contributed by atoms with Crippen LogP contribution in [0.15, 0.2) is 6.20 Å². The number of nitrogens with zero attached hydrogens (tertiary/aromatic N) is 2. The highest BCUT2D eigenvalue weighted by Gasteiger charge is 2.28. The molecule has 1 aromatic heterocycles. The van der Waals surface area contributed by atoms with Gasteiger partial charge >= 0.3 is 0 Å². The zero-order chi connectivity index (χ0) is 15.5. The maximum Gasteiger partial charge on any atom is 0.211 e. The Labute approximate surface area is 131 Å². The highest BCUT2D eigenvalue weighted by Crippen LogP contribution is 2.30. The summed E-state index contributed by atoms with van der Waals surface area (Å²) in [4.78, 5) is 5.59. The summed E-state index contributed by atoms with van der Waals surface area (Å²) in [7, 11) is -3.06. The number of rotatable bonds is 6. The molecule has 1 aliphatic rings. The molecule has 0 saturated carbocycles. The molecular formula is C14H25N3O2S2. The zero-order valence-corrected chi connectivity index (χ0v) is 14.6. The first-order valence-electron chi connectivity index (χ1n) is 7.51. The predicted molar refractivity (Wildman–Crippen MR) is 87.0 cm³/mol. The van der Waals surface area contributed by atoms with Crippen LogP contribution < -0.4 is 5.32 Å². The Hall–Kier alpha value is -0.500. The minimum absolute atomic E-state index is 0.283. The SMILES string of the molecule is CCNC(CC1CCCN(S(C)(=O)=O)C1)c1cnc(C)s1. The van der Waals surface area contributed by atoms with Gasteiger partial charge < -0.3 is 5.32 Å². The van der Waals surface area contributed by atoms with Crippen molar-refractivity contribution in [1.29, 1.82) is 0 Å². The van der Waals surface area contributed by atoms with Gasteiger partial charge in [0, 0.05) is 30.2 Å². The van der Waals surface area contributed by atoms with E-state index in [1.165, 1.54) is 11.1 Å². The van der Waals surface area contributed by atoms with Crippen molar-refractivity contribution in [1.82, 2.24) is 14.6 Å². The summed E-state index contributed by atoms with van der Waals surface area (Å²) in [6, 6.07) is 0.283. The van der Waals surface area contributed by atoms with Crippen LogP contribution >= 0.6 is 11.3 Å². The van der Waals surface area contributed by atoms with Crippen molar-refractivity contribution in [3.63, 3.8) is 0 Å². The lowest BCUT2D eigenvalue weighted by molar-refractivity contribution is 0.239. The molecule has 2 rings (SSSR count). The van der Waals surface area contributed by atoms with E-state index in [4.69, 9.17) is 0 Å². The molecule has 0 spiro atoms. The van der Waals surface area contributed by atoms with E-state index in [0.29, 0.717) is 19.0 Å². The first-order valence-corrected chi connectivity index (χ1v) is 10.2. The van der Waals surface area contributed by atoms with Crippen molar-refractivity contribution in [3.05, 3.63) is 16.1 Å². The fourth-order valence-electron chi connectivity index (χ4n) is 2.94. The summed E-state index contributed by atoms with van der Waals surface area (Å²) < 4.78 is 25.1. The van der Waals surface area contributed by atoms with Crippen molar-refractivity contribution >= 4 is 21.4 Å². The van der Waals surface area contributed by atoms with Gasteiger partial charge in [0.1, 0.15) is 0 Å². The summed E-state index contributed by atoms with van der Waals surface area (Å²) >= 11 is 1.73. The van der Waals surface area contributed by atoms with Crippen LogP contribution in [0.4, 0.5) is 0 Å². The maximum absolute atomic E-state index is 11.7. The van der Waals surface area contributed by atoms with Gasteiger partial charge in [0.05, 0.1) is 11.3 Å². The molecule has 1 fully saturated rings. The molecular weight excluding hydrogens is 306 g/mol. The average molecular weight is 332 g/mol. The standard InChI is InChI=1S/C14H25N3O2S2/c1-4-15-13(14-9-16-11(2)20-14)8-12-6-5-7-17(10-12)21(3,18)19/h9,12-13,15H,4-8,10H2,1-3H3. The van der Waals surface area contributed by atoms with Gasteiger partial charge in [-0.3, -0.25) is 0 Å². The Bertz CT molecular complexity index is 556. The van der Waals surface area contributed by atoms with Gasteiger partial charge in [0.2, 0.25) is 10.0 Å². The molecule has 1 N–H and O–H groups in total. The molecule has 2 heterocycles. The van der Waals surface area contributed by atoms with E-state index in [1.54, 1.807) is 15.6 Å². The fourth-order valence-corrected chi connectivity index (χ4v) is 4.76. The van der Waals surface area contributed by atoms with Crippen molar-refractivity contribution in [3.8, 4) is 0 Å². The molecule has 5 nitrogen and oxygen atoms in total. The Morgan fingerprint density at radius 3 is 2.90 bits per heavy atom. The van der Waals surface area contributed by atoms with Crippen molar-refractivity contribution in [2.45, 2.75) is 39.2 Å². The highest BCUT2D eigenvalue weighted by molar-refractivity contribution is 7.88. The maximum atomic E-state index is 11.7. The number of sulfonamides is 1. The van der Waals surface area contributed by atoms with Crippen molar-refractivity contribution in [2.75, 3.05) is 25.9 Å². The fraction of sp³-hybridized carbons (Fsp3) is 0.786. The molecule has 1 aliphatic heterocycles. The zero-order valence-electron chi connectivity index (χ0n) is 13.0. The Morgan fingerprint density at radius 2 is 2.33 bits per heavy atom. The second kappa shape index (κ2) is 7.17. The van der Waals surface area contributed by atoms with Crippen LogP contribution in [0.5, 0.6) is 0 Å². The van der Waals surface area contributed by atoms with Crippen LogP contribution in [0.2, 0.25) is 0 Å². The Kier molecular flexibility index (Phi) is 5.76. The van der Waals surface area contributed by atoms with Crippen molar-refractivity contribution in [2.24, 2.45) is 5.92 Å². The molecule has 0 bridgehead atoms. The third-order valence-corrected chi connectivity index (χ3v) is 6.25. The summed E-state index contributed by atoms with van der Waals surface area (Å²) in [5, 5.41) is 4.59. The minimum atomic E-state index is -3.06. The highest BCUT2D eigenvalue weighted by atomic mass is 32.2. The Morgan fingerprint density at radius 1 is 1.57 bits per heavy atom. The monoisotopic (exact) mass is 331 g/mol. The first kappa shape index (κ1) is 16.9. The second-order valence-corrected chi connectivity index (χ2v) is 9.01. The number of thiazole rings is 1. The van der Waals surface area contributed by atoms with Gasteiger partial charge in [-0.1, -0.05) is 6.92 Å². The average Bonchev–Trinajstić information content (AvgIpc) is 2.84. The number of aromatic nitrogens is 1. The van der Waals surface area contributed by atoms with Gasteiger partial charge in [-0.25, -0.2) is 17.7 Å². The van der Waals surface area contributed by atoms with Crippen LogP contribution in [0.25, 0.3) is 0 Å². The van der Waals surface area contributed by atoms with Gasteiger partial charge in [-0.05, 0) is 38.6 Å². The molecule has 0 aromatic carbocycles. The van der Waals surface area contributed by atoms with Crippen LogP contribution in [0, 0.1) is 12.8 Å². The lowest BCUT2D eigenvalue weighted by Gasteiger charge is -2.33. The van der Waals surface area contributed by atoms with Gasteiger partial charge in [0.25, 0.3) is 0 Å². The van der Waals surface area contributed by atoms with E-state index in [1.807, 2.05) is 13.1 Å². The Balaban J connectivity index is 2.03. The van der Waals surface area contributed by atoms with Crippen LogP contribution in [0.3, 0.4) is 0 Å². The van der Waals surface area contributed by atoms with Gasteiger partial charge in [-0.2, -0.15) is 0 Å². The summed E-state index contributed by atoms with van der Waals surface area (Å²) in [5.74, 6) is 0.417. The van der Waals surface area contributed by atoms with E-state index >= 15 is 0 Å². The van der Waals surface area contributed by atoms with Gasteiger partial charge in [0.15, 0.2) is 0 Å². The number of aryl methyl sites for hydroxylation is 1. The smallest absolute Gasteiger partial charge is 0.211 e. The molecule has 2 atom stereocenters. The van der Waals surface area contributed by atoms with E-state index in [2.05, 4.69) is 17.2 Å². The summed E-state index contributed by atoms with van der Waals surface area (Å²) in [5.41, 5.74) is 0. The largest absolute Gasteiger partial charge is 0.309 e. The van der Waals surface area contributed by atoms with Crippen LogP contribution in [-0.2, 0) is 10.0 Å². The number of hydrogen-bond donors (Lipinski definition) is 1. The van der Waals surface area contributed by atoms with Crippen LogP contribution in [0.1, 0.15) is 42.1 Å². The second-order valence-electron chi connectivity index (χ2n) is 5.76. The lowest BCUT2D eigenvalue weighted by Crippen LogP contribution is -2.40.